The van der Waals surface area contributed by atoms with Gasteiger partial charge >= 0.3 is 48.9 Å². The van der Waals surface area contributed by atoms with Gasteiger partial charge in [0.2, 0.25) is 0 Å². The van der Waals surface area contributed by atoms with Crippen molar-refractivity contribution in [1.82, 2.24) is 0 Å². The van der Waals surface area contributed by atoms with Crippen molar-refractivity contribution in [2.75, 3.05) is 5.34 Å². The number of rotatable bonds is 2. The van der Waals surface area contributed by atoms with Crippen LogP contribution in [0, 0.1) is 0 Å². The normalized spacial score (nSPS) is 13.5. The molecule has 0 aliphatic heterocycles. The Hall–Kier alpha value is 2.49. The summed E-state index contributed by atoms with van der Waals surface area (Å²) in [6.45, 7) is 0. The predicted octanol–water partition coefficient (Wildman–Crippen LogP) is -0.456. The molecule has 0 N–H and O–H groups in total. The van der Waals surface area contributed by atoms with Crippen molar-refractivity contribution < 1.29 is 23.2 Å². The summed E-state index contributed by atoms with van der Waals surface area (Å²) in [5.74, 6) is 0. The van der Waals surface area contributed by atoms with Crippen molar-refractivity contribution in [2.24, 2.45) is 0 Å². The molecule has 0 saturated heterocycles. The van der Waals surface area contributed by atoms with Crippen LogP contribution < -0.4 is 9.79 Å². The molecule has 0 rings (SSSR count). The first-order valence-corrected chi connectivity index (χ1v) is 5.28. The maximum absolute atomic E-state index is 9.29. The van der Waals surface area contributed by atoms with Crippen molar-refractivity contribution in [2.45, 2.75) is 0 Å². The Morgan fingerprint density at radius 2 is 1.36 bits per heavy atom. The van der Waals surface area contributed by atoms with Crippen molar-refractivity contribution >= 4 is 88.6 Å². The molecule has 11 heavy (non-hydrogen) atoms. The summed E-state index contributed by atoms with van der Waals surface area (Å²) < 4.78 is 21.8. The van der Waals surface area contributed by atoms with E-state index in [1.807, 2.05) is 0 Å². The molecular weight excluding hydrogens is 362 g/mol. The minimum Gasteiger partial charge on any atom is -0.781 e. The number of hydrogen-bond donors (Lipinski definition) is 0. The summed E-state index contributed by atoms with van der Waals surface area (Å²) in [6.07, 6.45) is 0. The molecule has 0 aliphatic rings. The molecule has 0 spiro atoms. The molecule has 0 fully saturated rings. The first-order valence-electron chi connectivity index (χ1n) is 1.76. The zero-order valence-corrected chi connectivity index (χ0v) is 13.2. The molecule has 64 valence electrons. The summed E-state index contributed by atoms with van der Waals surface area (Å²) in [4.78, 5) is 18.6. The van der Waals surface area contributed by atoms with Crippen LogP contribution in [0.2, 0.25) is 0 Å². The predicted molar refractivity (Wildman–Crippen MR) is 41.4 cm³/mol. The smallest absolute Gasteiger partial charge is 0.781 e. The molecule has 0 aromatic carbocycles. The van der Waals surface area contributed by atoms with Gasteiger partial charge in [-0.2, -0.15) is 0 Å². The van der Waals surface area contributed by atoms with Crippen LogP contribution in [0.3, 0.4) is 0 Å². The van der Waals surface area contributed by atoms with E-state index in [-0.39, 0.29) is 54.2 Å². The molecule has 2 unspecified atom stereocenters. The van der Waals surface area contributed by atoms with Gasteiger partial charge in [0.25, 0.3) is 0 Å². The monoisotopic (exact) mass is 366 g/mol. The fourth-order valence-corrected chi connectivity index (χ4v) is 0.612. The Balaban J connectivity index is -0.000000140. The zero-order valence-electron chi connectivity index (χ0n) is 5.21. The third-order valence-electron chi connectivity index (χ3n) is 0.167. The van der Waals surface area contributed by atoms with Crippen LogP contribution in [0.5, 0.6) is 0 Å². The minimum atomic E-state index is -3.51. The molecule has 0 bridgehead atoms. The van der Waals surface area contributed by atoms with E-state index in [9.17, 15) is 18.9 Å². The maximum Gasteiger partial charge on any atom is 2.00 e. The van der Waals surface area contributed by atoms with Gasteiger partial charge in [-0.05, 0) is 0 Å². The Kier molecular flexibility index (Phi) is 26.1. The molecule has 0 heterocycles. The van der Waals surface area contributed by atoms with E-state index >= 15 is 0 Å². The average Bonchev–Trinajstić information content (AvgIpc) is 1.62. The summed E-state index contributed by atoms with van der Waals surface area (Å²) in [5, 5.41) is 0.194. The second-order valence-corrected chi connectivity index (χ2v) is 3.33. The Morgan fingerprint density at radius 1 is 1.18 bits per heavy atom. The van der Waals surface area contributed by atoms with Gasteiger partial charge < -0.3 is 18.9 Å². The topological polar surface area (TPSA) is 89.5 Å². The molecular formula is CH4BaCl2O5P2. The first-order chi connectivity index (χ1) is 4.54. The van der Waals surface area contributed by atoms with Crippen LogP contribution in [0.15, 0.2) is 0 Å². The van der Waals surface area contributed by atoms with E-state index in [0.29, 0.717) is 0 Å². The van der Waals surface area contributed by atoms with E-state index in [1.165, 1.54) is 0 Å². The van der Waals surface area contributed by atoms with Crippen molar-refractivity contribution in [3.63, 3.8) is 0 Å². The molecule has 0 amide bonds. The molecule has 10 heteroatoms. The van der Waals surface area contributed by atoms with Gasteiger partial charge in [-0.3, -0.25) is 4.31 Å². The van der Waals surface area contributed by atoms with Crippen LogP contribution in [-0.2, 0) is 13.4 Å². The van der Waals surface area contributed by atoms with Gasteiger partial charge in [-0.1, -0.05) is 0 Å². The molecule has 2 atom stereocenters. The second-order valence-electron chi connectivity index (χ2n) is 0.703. The maximum atomic E-state index is 9.29. The van der Waals surface area contributed by atoms with Crippen molar-refractivity contribution in [3.05, 3.63) is 0 Å². The van der Waals surface area contributed by atoms with E-state index in [1.54, 1.807) is 0 Å². The summed E-state index contributed by atoms with van der Waals surface area (Å²) in [5.41, 5.74) is 0. The van der Waals surface area contributed by atoms with E-state index < -0.39 is 16.5 Å². The van der Waals surface area contributed by atoms with Gasteiger partial charge in [0.15, 0.2) is 0 Å². The Morgan fingerprint density at radius 3 is 1.36 bits per heavy atom. The fourth-order valence-electron chi connectivity index (χ4n) is 0.0680. The number of halogens is 2. The number of hydrogen-bond acceptors (Lipinski definition) is 5. The quantitative estimate of drug-likeness (QED) is 0.375. The van der Waals surface area contributed by atoms with E-state index in [4.69, 9.17) is 23.2 Å². The SMILES string of the molecule is ClCCl.O=[PH]([O-])O[PH](=O)[O-].[Ba+2]. The zero-order chi connectivity index (χ0) is 8.57. The van der Waals surface area contributed by atoms with Gasteiger partial charge in [0.05, 0.1) is 5.34 Å². The van der Waals surface area contributed by atoms with Crippen LogP contribution in [0.1, 0.15) is 0 Å². The summed E-state index contributed by atoms with van der Waals surface area (Å²) in [7, 11) is -7.03. The third kappa shape index (κ3) is 32.6. The van der Waals surface area contributed by atoms with Crippen LogP contribution in [0.4, 0.5) is 0 Å². The van der Waals surface area contributed by atoms with Crippen LogP contribution >= 0.6 is 39.7 Å². The standard InChI is InChI=1S/CH2Cl2.Ba.H4O5P2/c2-1-3;;1-6(2)5-7(3)4/h1H2;;6-7H,(H,1,2)(H,3,4)/q;+2;/p-2. The van der Waals surface area contributed by atoms with Crippen LogP contribution in [-0.4, -0.2) is 54.2 Å². The molecule has 0 aromatic heterocycles. The average molecular weight is 366 g/mol. The third-order valence-corrected chi connectivity index (χ3v) is 1.50. The second kappa shape index (κ2) is 15.0. The Bertz CT molecular complexity index is 109. The van der Waals surface area contributed by atoms with Gasteiger partial charge in [0, 0.05) is 0 Å². The first kappa shape index (κ1) is 19.1. The minimum absolute atomic E-state index is 0. The van der Waals surface area contributed by atoms with Crippen molar-refractivity contribution in [1.29, 1.82) is 0 Å². The van der Waals surface area contributed by atoms with Crippen LogP contribution in [0.25, 0.3) is 0 Å². The molecule has 0 aromatic rings. The summed E-state index contributed by atoms with van der Waals surface area (Å²) >= 11 is 9.53. The molecule has 0 aliphatic carbocycles. The fraction of sp³-hybridized carbons (Fsp3) is 1.00. The number of alkyl halides is 2. The van der Waals surface area contributed by atoms with Gasteiger partial charge in [-0.25, -0.2) is 0 Å². The van der Waals surface area contributed by atoms with Crippen molar-refractivity contribution in [3.8, 4) is 0 Å². The summed E-state index contributed by atoms with van der Waals surface area (Å²) in [6, 6.07) is 0. The molecule has 0 radical (unpaired) electrons. The van der Waals surface area contributed by atoms with E-state index in [0.717, 1.165) is 0 Å². The van der Waals surface area contributed by atoms with Gasteiger partial charge in [0.1, 0.15) is 16.5 Å². The Labute approximate surface area is 115 Å². The largest absolute Gasteiger partial charge is 2.00 e. The molecule has 0 saturated carbocycles. The van der Waals surface area contributed by atoms with Gasteiger partial charge in [-0.15, -0.1) is 23.2 Å². The van der Waals surface area contributed by atoms with E-state index in [2.05, 4.69) is 4.31 Å². The molecule has 5 nitrogen and oxygen atoms in total.